The summed E-state index contributed by atoms with van der Waals surface area (Å²) in [7, 11) is 0. The van der Waals surface area contributed by atoms with Gasteiger partial charge in [-0.15, -0.1) is 5.10 Å². The van der Waals surface area contributed by atoms with Gasteiger partial charge in [-0.05, 0) is 47.5 Å². The number of nitrogens with one attached hydrogen (secondary N) is 1. The normalized spacial score (nSPS) is 9.40. The standard InChI is InChI=1S/C13H11N7/c1-9-3-12(20-8-17-18-19-20)4-13(10(9)2)16-7-11(5-14)6-15/h3-4,7-8,16H,1-2H3. The second kappa shape index (κ2) is 5.63. The molecule has 0 unspecified atom stereocenters. The maximum Gasteiger partial charge on any atom is 0.145 e. The predicted molar refractivity (Wildman–Crippen MR) is 71.6 cm³/mol. The highest BCUT2D eigenvalue weighted by molar-refractivity contribution is 5.61. The zero-order valence-electron chi connectivity index (χ0n) is 11.0. The minimum absolute atomic E-state index is 0.00915. The summed E-state index contributed by atoms with van der Waals surface area (Å²) >= 11 is 0. The van der Waals surface area contributed by atoms with E-state index in [0.29, 0.717) is 0 Å². The minimum Gasteiger partial charge on any atom is -0.360 e. The van der Waals surface area contributed by atoms with Gasteiger partial charge in [0.25, 0.3) is 0 Å². The zero-order chi connectivity index (χ0) is 14.5. The first-order chi connectivity index (χ1) is 9.65. The number of tetrazole rings is 1. The molecule has 0 aliphatic carbocycles. The molecule has 1 heterocycles. The number of aryl methyl sites for hydroxylation is 1. The van der Waals surface area contributed by atoms with Crippen LogP contribution in [0, 0.1) is 36.5 Å². The first-order valence-corrected chi connectivity index (χ1v) is 5.77. The Balaban J connectivity index is 2.41. The van der Waals surface area contributed by atoms with Crippen LogP contribution in [0.3, 0.4) is 0 Å². The van der Waals surface area contributed by atoms with E-state index >= 15 is 0 Å². The van der Waals surface area contributed by atoms with E-state index in [1.807, 2.05) is 26.0 Å². The van der Waals surface area contributed by atoms with Crippen LogP contribution in [0.2, 0.25) is 0 Å². The third-order valence-electron chi connectivity index (χ3n) is 2.88. The van der Waals surface area contributed by atoms with Gasteiger partial charge in [0.1, 0.15) is 24.0 Å². The van der Waals surface area contributed by atoms with Crippen molar-refractivity contribution in [3.05, 3.63) is 41.4 Å². The van der Waals surface area contributed by atoms with Crippen LogP contribution in [0.25, 0.3) is 5.69 Å². The number of aromatic nitrogens is 4. The fraction of sp³-hybridized carbons (Fsp3) is 0.154. The summed E-state index contributed by atoms with van der Waals surface area (Å²) in [6.07, 6.45) is 2.88. The molecule has 1 N–H and O–H groups in total. The van der Waals surface area contributed by atoms with Crippen molar-refractivity contribution in [2.45, 2.75) is 13.8 Å². The third kappa shape index (κ3) is 2.62. The molecule has 2 rings (SSSR count). The van der Waals surface area contributed by atoms with Gasteiger partial charge in [-0.3, -0.25) is 0 Å². The summed E-state index contributed by atoms with van der Waals surface area (Å²) in [6.45, 7) is 3.92. The third-order valence-corrected chi connectivity index (χ3v) is 2.88. The average molecular weight is 265 g/mol. The second-order valence-corrected chi connectivity index (χ2v) is 4.12. The molecule has 20 heavy (non-hydrogen) atoms. The van der Waals surface area contributed by atoms with Gasteiger partial charge in [0, 0.05) is 11.9 Å². The van der Waals surface area contributed by atoms with Crippen molar-refractivity contribution >= 4 is 5.69 Å². The van der Waals surface area contributed by atoms with Gasteiger partial charge >= 0.3 is 0 Å². The molecule has 0 spiro atoms. The van der Waals surface area contributed by atoms with Gasteiger partial charge in [-0.1, -0.05) is 0 Å². The maximum absolute atomic E-state index is 8.72. The molecule has 0 fully saturated rings. The topological polar surface area (TPSA) is 103 Å². The smallest absolute Gasteiger partial charge is 0.145 e. The van der Waals surface area contributed by atoms with Crippen molar-refractivity contribution in [2.24, 2.45) is 0 Å². The van der Waals surface area contributed by atoms with Gasteiger partial charge in [0.2, 0.25) is 0 Å². The predicted octanol–water partition coefficient (Wildman–Crippen LogP) is 1.62. The largest absolute Gasteiger partial charge is 0.360 e. The molecule has 0 atom stereocenters. The molecule has 0 amide bonds. The highest BCUT2D eigenvalue weighted by Crippen LogP contribution is 2.23. The Morgan fingerprint density at radius 2 is 2.05 bits per heavy atom. The van der Waals surface area contributed by atoms with E-state index in [0.717, 1.165) is 22.5 Å². The average Bonchev–Trinajstić information content (AvgIpc) is 2.98. The number of nitriles is 2. The molecule has 0 saturated heterocycles. The lowest BCUT2D eigenvalue weighted by molar-refractivity contribution is 0.788. The Morgan fingerprint density at radius 1 is 1.30 bits per heavy atom. The SMILES string of the molecule is Cc1cc(-n2cnnn2)cc(NC=C(C#N)C#N)c1C. The molecular formula is C13H11N7. The van der Waals surface area contributed by atoms with Crippen molar-refractivity contribution in [1.29, 1.82) is 10.5 Å². The van der Waals surface area contributed by atoms with Crippen LogP contribution in [-0.2, 0) is 0 Å². The summed E-state index contributed by atoms with van der Waals surface area (Å²) in [4.78, 5) is 0. The van der Waals surface area contributed by atoms with E-state index in [-0.39, 0.29) is 5.57 Å². The minimum atomic E-state index is 0.00915. The van der Waals surface area contributed by atoms with Crippen LogP contribution in [-0.4, -0.2) is 20.2 Å². The van der Waals surface area contributed by atoms with Crippen molar-refractivity contribution in [1.82, 2.24) is 20.2 Å². The number of anilines is 1. The lowest BCUT2D eigenvalue weighted by atomic mass is 10.1. The Kier molecular flexibility index (Phi) is 3.73. The number of nitrogens with zero attached hydrogens (tertiary/aromatic N) is 6. The molecule has 2 aromatic rings. The lowest BCUT2D eigenvalue weighted by Crippen LogP contribution is -2.01. The number of hydrogen-bond donors (Lipinski definition) is 1. The van der Waals surface area contributed by atoms with Gasteiger partial charge in [-0.25, -0.2) is 4.68 Å². The van der Waals surface area contributed by atoms with E-state index < -0.39 is 0 Å². The van der Waals surface area contributed by atoms with Gasteiger partial charge < -0.3 is 5.32 Å². The Hall–Kier alpha value is -3.19. The molecular weight excluding hydrogens is 254 g/mol. The highest BCUT2D eigenvalue weighted by Gasteiger charge is 2.06. The summed E-state index contributed by atoms with van der Waals surface area (Å²) < 4.78 is 1.54. The van der Waals surface area contributed by atoms with E-state index in [9.17, 15) is 0 Å². The molecule has 7 heteroatoms. The van der Waals surface area contributed by atoms with Crippen molar-refractivity contribution in [3.63, 3.8) is 0 Å². The van der Waals surface area contributed by atoms with Crippen LogP contribution in [0.1, 0.15) is 11.1 Å². The quantitative estimate of drug-likeness (QED) is 0.846. The molecule has 1 aromatic carbocycles. The first-order valence-electron chi connectivity index (χ1n) is 5.77. The van der Waals surface area contributed by atoms with Gasteiger partial charge in [0.15, 0.2) is 0 Å². The summed E-state index contributed by atoms with van der Waals surface area (Å²) in [5, 5.41) is 31.4. The number of rotatable bonds is 3. The van der Waals surface area contributed by atoms with Crippen LogP contribution >= 0.6 is 0 Å². The number of benzene rings is 1. The fourth-order valence-electron chi connectivity index (χ4n) is 1.64. The van der Waals surface area contributed by atoms with E-state index in [4.69, 9.17) is 10.5 Å². The number of allylic oxidation sites excluding steroid dienone is 1. The van der Waals surface area contributed by atoms with Crippen molar-refractivity contribution < 1.29 is 0 Å². The molecule has 0 bridgehead atoms. The second-order valence-electron chi connectivity index (χ2n) is 4.12. The maximum atomic E-state index is 8.72. The Morgan fingerprint density at radius 3 is 2.65 bits per heavy atom. The van der Waals surface area contributed by atoms with Crippen molar-refractivity contribution in [2.75, 3.05) is 5.32 Å². The monoisotopic (exact) mass is 265 g/mol. The van der Waals surface area contributed by atoms with Crippen molar-refractivity contribution in [3.8, 4) is 17.8 Å². The molecule has 0 saturated carbocycles. The molecule has 0 aliphatic rings. The molecule has 7 nitrogen and oxygen atoms in total. The van der Waals surface area contributed by atoms with E-state index in [1.54, 1.807) is 12.1 Å². The van der Waals surface area contributed by atoms with E-state index in [1.165, 1.54) is 17.2 Å². The fourth-order valence-corrected chi connectivity index (χ4v) is 1.64. The van der Waals surface area contributed by atoms with Crippen LogP contribution in [0.5, 0.6) is 0 Å². The molecule has 1 aromatic heterocycles. The molecule has 0 aliphatic heterocycles. The van der Waals surface area contributed by atoms with Gasteiger partial charge in [0.05, 0.1) is 5.69 Å². The first kappa shape index (κ1) is 13.2. The zero-order valence-corrected chi connectivity index (χ0v) is 11.0. The molecule has 98 valence electrons. The number of hydrogen-bond acceptors (Lipinski definition) is 6. The molecule has 0 radical (unpaired) electrons. The van der Waals surface area contributed by atoms with Crippen LogP contribution in [0.4, 0.5) is 5.69 Å². The van der Waals surface area contributed by atoms with Crippen LogP contribution < -0.4 is 5.32 Å². The lowest BCUT2D eigenvalue weighted by Gasteiger charge is -2.11. The van der Waals surface area contributed by atoms with Gasteiger partial charge in [-0.2, -0.15) is 10.5 Å². The summed E-state index contributed by atoms with van der Waals surface area (Å²) in [5.74, 6) is 0. The summed E-state index contributed by atoms with van der Waals surface area (Å²) in [6, 6.07) is 7.40. The summed E-state index contributed by atoms with van der Waals surface area (Å²) in [5.41, 5.74) is 3.66. The highest BCUT2D eigenvalue weighted by atomic mass is 15.5. The Bertz CT molecular complexity index is 713. The van der Waals surface area contributed by atoms with Crippen LogP contribution in [0.15, 0.2) is 30.2 Å². The van der Waals surface area contributed by atoms with E-state index in [2.05, 4.69) is 20.8 Å². The Labute approximate surface area is 115 Å².